The molecule has 3 amide bonds. The molecular weight excluding hydrogens is 390 g/mol. The summed E-state index contributed by atoms with van der Waals surface area (Å²) in [6.45, 7) is 2.21. The fraction of sp³-hybridized carbons (Fsp3) is 0.286. The molecule has 2 heterocycles. The second kappa shape index (κ2) is 7.79. The van der Waals surface area contributed by atoms with Crippen molar-refractivity contribution in [1.82, 2.24) is 10.2 Å². The van der Waals surface area contributed by atoms with Crippen molar-refractivity contribution in [2.24, 2.45) is 0 Å². The van der Waals surface area contributed by atoms with Gasteiger partial charge in [0.1, 0.15) is 6.04 Å². The van der Waals surface area contributed by atoms with Gasteiger partial charge in [-0.3, -0.25) is 9.69 Å². The minimum Gasteiger partial charge on any atom is -0.464 e. The lowest BCUT2D eigenvalue weighted by Crippen LogP contribution is -2.57. The molecule has 2 atom stereocenters. The number of nitrogens with zero attached hydrogens (tertiary/aromatic N) is 1. The maximum Gasteiger partial charge on any atom is 0.329 e. The van der Waals surface area contributed by atoms with Crippen molar-refractivity contribution in [2.45, 2.75) is 24.4 Å². The molecule has 0 aromatic heterocycles. The van der Waals surface area contributed by atoms with Crippen molar-refractivity contribution < 1.29 is 19.1 Å². The number of fused-ring (bicyclic) bond motifs is 2. The van der Waals surface area contributed by atoms with Crippen molar-refractivity contribution in [1.29, 1.82) is 0 Å². The SMILES string of the molecule is CCOC(=O)[C@@H]1CSC2(C(=O)Nc3ccccc32)N1C(=O)NCc1ccccc1. The van der Waals surface area contributed by atoms with Crippen LogP contribution in [0.2, 0.25) is 0 Å². The number of rotatable bonds is 4. The Balaban J connectivity index is 1.69. The van der Waals surface area contributed by atoms with Gasteiger partial charge < -0.3 is 15.4 Å². The van der Waals surface area contributed by atoms with E-state index in [0.29, 0.717) is 11.3 Å². The highest BCUT2D eigenvalue weighted by Gasteiger charge is 2.61. The van der Waals surface area contributed by atoms with E-state index in [-0.39, 0.29) is 24.8 Å². The van der Waals surface area contributed by atoms with E-state index in [1.165, 1.54) is 16.7 Å². The number of ether oxygens (including phenoxy) is 1. The predicted molar refractivity (Wildman–Crippen MR) is 110 cm³/mol. The molecule has 0 radical (unpaired) electrons. The number of anilines is 1. The summed E-state index contributed by atoms with van der Waals surface area (Å²) in [6.07, 6.45) is 0. The molecule has 150 valence electrons. The second-order valence-corrected chi connectivity index (χ2v) is 7.95. The summed E-state index contributed by atoms with van der Waals surface area (Å²) >= 11 is 1.28. The van der Waals surface area contributed by atoms with Crippen molar-refractivity contribution in [3.63, 3.8) is 0 Å². The Morgan fingerprint density at radius 2 is 1.93 bits per heavy atom. The first kappa shape index (κ1) is 19.3. The first-order chi connectivity index (χ1) is 14.1. The number of carbonyl (C=O) groups is 3. The van der Waals surface area contributed by atoms with Crippen molar-refractivity contribution in [2.75, 3.05) is 17.7 Å². The van der Waals surface area contributed by atoms with Crippen molar-refractivity contribution in [3.05, 3.63) is 65.7 Å². The lowest BCUT2D eigenvalue weighted by Gasteiger charge is -2.34. The van der Waals surface area contributed by atoms with E-state index in [1.807, 2.05) is 48.5 Å². The number of carbonyl (C=O) groups excluding carboxylic acids is 3. The number of amides is 3. The van der Waals surface area contributed by atoms with Crippen LogP contribution in [-0.2, 0) is 25.7 Å². The third-order valence-electron chi connectivity index (χ3n) is 5.01. The number of benzene rings is 2. The number of nitrogens with one attached hydrogen (secondary N) is 2. The van der Waals surface area contributed by atoms with E-state index >= 15 is 0 Å². The molecule has 1 fully saturated rings. The van der Waals surface area contributed by atoms with E-state index in [4.69, 9.17) is 4.74 Å². The highest BCUT2D eigenvalue weighted by molar-refractivity contribution is 8.01. The maximum absolute atomic E-state index is 13.3. The quantitative estimate of drug-likeness (QED) is 0.756. The standard InChI is InChI=1S/C21H21N3O4S/c1-2-28-18(25)17-13-29-21(15-10-6-7-11-16(15)23-19(21)26)24(17)20(27)22-12-14-8-4-3-5-9-14/h3-11,17H,2,12-13H2,1H3,(H,22,27)(H,23,26)/t17-,21?/m0/s1. The highest BCUT2D eigenvalue weighted by atomic mass is 32.2. The van der Waals surface area contributed by atoms with Gasteiger partial charge in [-0.2, -0.15) is 0 Å². The molecule has 4 rings (SSSR count). The van der Waals surface area contributed by atoms with Crippen LogP contribution in [0.5, 0.6) is 0 Å². The summed E-state index contributed by atoms with van der Waals surface area (Å²) < 4.78 is 5.19. The highest BCUT2D eigenvalue weighted by Crippen LogP contribution is 2.53. The average Bonchev–Trinajstić information content (AvgIpc) is 3.27. The normalized spacial score (nSPS) is 22.3. The minimum absolute atomic E-state index is 0.204. The van der Waals surface area contributed by atoms with Gasteiger partial charge in [0, 0.05) is 23.5 Å². The summed E-state index contributed by atoms with van der Waals surface area (Å²) in [5, 5.41) is 5.70. The van der Waals surface area contributed by atoms with Crippen LogP contribution in [0.1, 0.15) is 18.1 Å². The Morgan fingerprint density at radius 3 is 2.69 bits per heavy atom. The van der Waals surface area contributed by atoms with Crippen LogP contribution in [0.3, 0.4) is 0 Å². The monoisotopic (exact) mass is 411 g/mol. The maximum atomic E-state index is 13.3. The molecular formula is C21H21N3O4S. The third kappa shape index (κ3) is 3.23. The van der Waals surface area contributed by atoms with Gasteiger partial charge >= 0.3 is 12.0 Å². The van der Waals surface area contributed by atoms with Crippen LogP contribution < -0.4 is 10.6 Å². The van der Waals surface area contributed by atoms with E-state index in [1.54, 1.807) is 13.0 Å². The van der Waals surface area contributed by atoms with E-state index in [9.17, 15) is 14.4 Å². The van der Waals surface area contributed by atoms with Crippen LogP contribution in [0, 0.1) is 0 Å². The molecule has 0 aliphatic carbocycles. The van der Waals surface area contributed by atoms with Crippen molar-refractivity contribution in [3.8, 4) is 0 Å². The van der Waals surface area contributed by atoms with Crippen LogP contribution in [0.25, 0.3) is 0 Å². The van der Waals surface area contributed by atoms with E-state index in [2.05, 4.69) is 10.6 Å². The zero-order valence-corrected chi connectivity index (χ0v) is 16.7. The second-order valence-electron chi connectivity index (χ2n) is 6.74. The minimum atomic E-state index is -1.30. The zero-order chi connectivity index (χ0) is 20.4. The van der Waals surface area contributed by atoms with E-state index in [0.717, 1.165) is 5.56 Å². The van der Waals surface area contributed by atoms with Gasteiger partial charge in [-0.25, -0.2) is 9.59 Å². The lowest BCUT2D eigenvalue weighted by molar-refractivity contribution is -0.148. The molecule has 8 heteroatoms. The molecule has 2 N–H and O–H groups in total. The molecule has 0 saturated carbocycles. The molecule has 1 saturated heterocycles. The van der Waals surface area contributed by atoms with Gasteiger partial charge in [-0.1, -0.05) is 48.5 Å². The number of hydrogen-bond acceptors (Lipinski definition) is 5. The summed E-state index contributed by atoms with van der Waals surface area (Å²) in [5.74, 6) is -0.562. The van der Waals surface area contributed by atoms with Crippen LogP contribution in [-0.4, -0.2) is 41.2 Å². The topological polar surface area (TPSA) is 87.7 Å². The van der Waals surface area contributed by atoms with Crippen LogP contribution >= 0.6 is 11.8 Å². The number of thioether (sulfide) groups is 1. The molecule has 7 nitrogen and oxygen atoms in total. The Hall–Kier alpha value is -3.00. The van der Waals surface area contributed by atoms with Gasteiger partial charge in [-0.15, -0.1) is 11.8 Å². The van der Waals surface area contributed by atoms with Crippen molar-refractivity contribution >= 4 is 35.4 Å². The molecule has 2 aromatic carbocycles. The smallest absolute Gasteiger partial charge is 0.329 e. The summed E-state index contributed by atoms with van der Waals surface area (Å²) in [5.41, 5.74) is 2.25. The zero-order valence-electron chi connectivity index (χ0n) is 15.9. The summed E-state index contributed by atoms with van der Waals surface area (Å²) in [6, 6.07) is 15.4. The average molecular weight is 411 g/mol. The third-order valence-corrected chi connectivity index (χ3v) is 6.52. The number of urea groups is 1. The first-order valence-electron chi connectivity index (χ1n) is 9.40. The Kier molecular flexibility index (Phi) is 5.19. The van der Waals surface area contributed by atoms with Crippen LogP contribution in [0.15, 0.2) is 54.6 Å². The Labute approximate surface area is 172 Å². The molecule has 0 bridgehead atoms. The van der Waals surface area contributed by atoms with E-state index < -0.39 is 22.9 Å². The van der Waals surface area contributed by atoms with Gasteiger partial charge in [0.25, 0.3) is 5.91 Å². The van der Waals surface area contributed by atoms with Gasteiger partial charge in [-0.05, 0) is 18.6 Å². The molecule has 1 unspecified atom stereocenters. The Morgan fingerprint density at radius 1 is 1.21 bits per heavy atom. The molecule has 2 aromatic rings. The summed E-state index contributed by atoms with van der Waals surface area (Å²) in [7, 11) is 0. The largest absolute Gasteiger partial charge is 0.464 e. The molecule has 2 aliphatic heterocycles. The van der Waals surface area contributed by atoms with Crippen LogP contribution in [0.4, 0.5) is 10.5 Å². The molecule has 29 heavy (non-hydrogen) atoms. The number of para-hydroxylation sites is 1. The number of esters is 1. The lowest BCUT2D eigenvalue weighted by atomic mass is 10.0. The van der Waals surface area contributed by atoms with Gasteiger partial charge in [0.2, 0.25) is 0 Å². The number of hydrogen-bond donors (Lipinski definition) is 2. The Bertz CT molecular complexity index is 952. The first-order valence-corrected chi connectivity index (χ1v) is 10.4. The summed E-state index contributed by atoms with van der Waals surface area (Å²) in [4.78, 5) is 39.0. The molecule has 2 aliphatic rings. The predicted octanol–water partition coefficient (Wildman–Crippen LogP) is 2.68. The molecule has 1 spiro atoms. The fourth-order valence-corrected chi connectivity index (χ4v) is 5.27. The van der Waals surface area contributed by atoms with Gasteiger partial charge in [0.05, 0.1) is 6.61 Å². The van der Waals surface area contributed by atoms with Gasteiger partial charge in [0.15, 0.2) is 4.87 Å². The fourth-order valence-electron chi connectivity index (χ4n) is 3.72.